The van der Waals surface area contributed by atoms with E-state index >= 15 is 0 Å². The summed E-state index contributed by atoms with van der Waals surface area (Å²) in [6.45, 7) is -9.19. The van der Waals surface area contributed by atoms with E-state index in [2.05, 4.69) is 9.47 Å². The molecule has 0 amide bonds. The Bertz CT molecular complexity index is 1690. The van der Waals surface area contributed by atoms with Crippen molar-refractivity contribution >= 4 is 11.9 Å². The number of esters is 2. The van der Waals surface area contributed by atoms with Crippen molar-refractivity contribution in [2.45, 2.75) is 119 Å². The van der Waals surface area contributed by atoms with Gasteiger partial charge in [0.2, 0.25) is 0 Å². The van der Waals surface area contributed by atoms with Gasteiger partial charge in [-0.25, -0.2) is 27.2 Å². The second-order valence-corrected chi connectivity index (χ2v) is 12.4. The summed E-state index contributed by atoms with van der Waals surface area (Å²) in [6, 6.07) is 0. The van der Waals surface area contributed by atoms with Gasteiger partial charge in [-0.05, 0) is 0 Å². The van der Waals surface area contributed by atoms with Crippen molar-refractivity contribution in [3.05, 3.63) is 0 Å². The number of hydrogen-bond donors (Lipinski definition) is 0. The molecule has 4 nitrogen and oxygen atoms in total. The molecule has 0 heterocycles. The van der Waals surface area contributed by atoms with Crippen LogP contribution in [0.3, 0.4) is 0 Å². The quantitative estimate of drug-likeness (QED) is 0.0616. The van der Waals surface area contributed by atoms with E-state index in [1.54, 1.807) is 0 Å². The Labute approximate surface area is 340 Å². The standard InChI is InChI=1S/C24H6F40O4/c25-5(26)9(33,34)13(41,42)17(49,50)21(57,58)23(61,62)19(53,54)15(45,46)11(37,38)7(29,30)1-67-3(65)4(66)68-2-8(31,32)12(39,40)16(47,48)20(55,56)24(63,64)22(59,60)18(51,52)14(43,44)10(35,36)6(27)28/h5-6H,1-2H2. The fraction of sp³-hybridized carbons (Fsp3) is 0.917. The Morgan fingerprint density at radius 1 is 0.250 bits per heavy atom. The monoisotopic (exact) mass is 1120 g/mol. The zero-order valence-electron chi connectivity index (χ0n) is 29.3. The van der Waals surface area contributed by atoms with E-state index in [-0.39, 0.29) is 0 Å². The molecule has 0 saturated heterocycles. The molecule has 0 aliphatic carbocycles. The van der Waals surface area contributed by atoms with Crippen molar-refractivity contribution in [3.8, 4) is 0 Å². The molecular weight excluding hydrogens is 1110 g/mol. The van der Waals surface area contributed by atoms with Gasteiger partial charge in [-0.15, -0.1) is 0 Å². The smallest absolute Gasteiger partial charge is 0.417 e. The first-order chi connectivity index (χ1) is 28.9. The minimum Gasteiger partial charge on any atom is -0.451 e. The summed E-state index contributed by atoms with van der Waals surface area (Å²) >= 11 is 0. The third-order valence-electron chi connectivity index (χ3n) is 7.97. The lowest BCUT2D eigenvalue weighted by Gasteiger charge is -2.44. The van der Waals surface area contributed by atoms with Crippen LogP contribution in [0.2, 0.25) is 0 Å². The minimum atomic E-state index is -9.62. The molecule has 0 radical (unpaired) electrons. The highest BCUT2D eigenvalue weighted by atomic mass is 19.4. The predicted molar refractivity (Wildman–Crippen MR) is 123 cm³/mol. The molecule has 0 bridgehead atoms. The van der Waals surface area contributed by atoms with Gasteiger partial charge < -0.3 is 9.47 Å². The van der Waals surface area contributed by atoms with Crippen LogP contribution < -0.4 is 0 Å². The average molecular weight is 1120 g/mol. The van der Waals surface area contributed by atoms with Crippen molar-refractivity contribution in [1.29, 1.82) is 0 Å². The Balaban J connectivity index is 6.76. The number of halogens is 40. The van der Waals surface area contributed by atoms with Crippen molar-refractivity contribution < 1.29 is 195 Å². The summed E-state index contributed by atoms with van der Waals surface area (Å²) < 4.78 is 543. The highest BCUT2D eigenvalue weighted by Gasteiger charge is 2.99. The topological polar surface area (TPSA) is 52.6 Å². The SMILES string of the molecule is O=C(OCC(F)(F)C(F)(F)C(F)(F)C(F)(F)C(F)(F)C(F)(F)C(F)(F)C(F)(F)C(F)(F)C(F)F)C(=O)OCC(F)(F)C(F)(F)C(F)(F)C(F)(F)C(F)(F)C(F)(F)C(F)(F)C(F)(F)C(F)(F)C(F)F. The highest BCUT2D eigenvalue weighted by Crippen LogP contribution is 2.67. The fourth-order valence-electron chi connectivity index (χ4n) is 3.74. The maximum Gasteiger partial charge on any atom is 0.417 e. The summed E-state index contributed by atoms with van der Waals surface area (Å²) in [7, 11) is 0. The van der Waals surface area contributed by atoms with Crippen LogP contribution in [0.15, 0.2) is 0 Å². The number of ether oxygens (including phenoxy) is 2. The molecule has 406 valence electrons. The summed E-state index contributed by atoms with van der Waals surface area (Å²) in [4.78, 5) is 22.4. The molecule has 0 fully saturated rings. The average Bonchev–Trinajstić information content (AvgIpc) is 3.14. The first-order valence-corrected chi connectivity index (χ1v) is 14.6. The number of alkyl halides is 40. The van der Waals surface area contributed by atoms with Crippen molar-refractivity contribution in [2.75, 3.05) is 13.2 Å². The molecule has 0 aromatic rings. The van der Waals surface area contributed by atoms with Crippen molar-refractivity contribution in [1.82, 2.24) is 0 Å². The molecule has 0 aromatic heterocycles. The minimum absolute atomic E-state index is 2.38. The number of hydrogen-bond acceptors (Lipinski definition) is 4. The summed E-state index contributed by atoms with van der Waals surface area (Å²) in [5.41, 5.74) is 0. The van der Waals surface area contributed by atoms with Gasteiger partial charge in [-0.1, -0.05) is 0 Å². The fourth-order valence-corrected chi connectivity index (χ4v) is 3.74. The van der Waals surface area contributed by atoms with Crippen LogP contribution >= 0.6 is 0 Å². The summed E-state index contributed by atoms with van der Waals surface area (Å²) in [6.07, 6.45) is -12.8. The maximum atomic E-state index is 13.9. The van der Waals surface area contributed by atoms with Crippen LogP contribution in [-0.2, 0) is 19.1 Å². The van der Waals surface area contributed by atoms with E-state index in [1.165, 1.54) is 0 Å². The van der Waals surface area contributed by atoms with Gasteiger partial charge in [0.25, 0.3) is 0 Å². The van der Waals surface area contributed by atoms with Gasteiger partial charge in [0.1, 0.15) is 0 Å². The lowest BCUT2D eigenvalue weighted by molar-refractivity contribution is -0.465. The largest absolute Gasteiger partial charge is 0.451 e. The number of carbonyl (C=O) groups excluding carboxylic acids is 2. The lowest BCUT2D eigenvalue weighted by Crippen LogP contribution is -2.76. The van der Waals surface area contributed by atoms with E-state index < -0.39 is 145 Å². The number of carbonyl (C=O) groups is 2. The Kier molecular flexibility index (Phi) is 15.9. The Hall–Kier alpha value is -3.86. The molecule has 0 aromatic carbocycles. The number of rotatable bonds is 22. The van der Waals surface area contributed by atoms with E-state index in [4.69, 9.17) is 0 Å². The van der Waals surface area contributed by atoms with Gasteiger partial charge in [0.15, 0.2) is 13.2 Å². The molecular formula is C24H6F40O4. The molecule has 0 unspecified atom stereocenters. The zero-order chi connectivity index (χ0) is 56.1. The first kappa shape index (κ1) is 64.1. The Morgan fingerprint density at radius 3 is 0.529 bits per heavy atom. The van der Waals surface area contributed by atoms with Gasteiger partial charge in [0, 0.05) is 0 Å². The predicted octanol–water partition coefficient (Wildman–Crippen LogP) is 12.0. The maximum absolute atomic E-state index is 13.9. The van der Waals surface area contributed by atoms with E-state index in [0.717, 1.165) is 0 Å². The van der Waals surface area contributed by atoms with E-state index in [1.807, 2.05) is 0 Å². The molecule has 44 heteroatoms. The second-order valence-electron chi connectivity index (χ2n) is 12.4. The zero-order valence-corrected chi connectivity index (χ0v) is 29.3. The Morgan fingerprint density at radius 2 is 0.382 bits per heavy atom. The molecule has 0 spiro atoms. The first-order valence-electron chi connectivity index (χ1n) is 14.6. The second kappa shape index (κ2) is 16.9. The molecule has 0 atom stereocenters. The van der Waals surface area contributed by atoms with Gasteiger partial charge >= 0.3 is 131 Å². The van der Waals surface area contributed by atoms with Crippen molar-refractivity contribution in [2.24, 2.45) is 0 Å². The molecule has 68 heavy (non-hydrogen) atoms. The molecule has 0 N–H and O–H groups in total. The lowest BCUT2D eigenvalue weighted by atomic mass is 9.86. The van der Waals surface area contributed by atoms with Crippen LogP contribution in [0.4, 0.5) is 176 Å². The molecule has 0 aliphatic rings. The van der Waals surface area contributed by atoms with Gasteiger partial charge in [0.05, 0.1) is 0 Å². The van der Waals surface area contributed by atoms with Gasteiger partial charge in [-0.3, -0.25) is 0 Å². The third-order valence-corrected chi connectivity index (χ3v) is 7.97. The van der Waals surface area contributed by atoms with Crippen LogP contribution in [-0.4, -0.2) is 145 Å². The molecule has 0 saturated carbocycles. The van der Waals surface area contributed by atoms with Crippen LogP contribution in [0.5, 0.6) is 0 Å². The van der Waals surface area contributed by atoms with Crippen molar-refractivity contribution in [3.63, 3.8) is 0 Å². The molecule has 0 rings (SSSR count). The van der Waals surface area contributed by atoms with E-state index in [9.17, 15) is 185 Å². The summed E-state index contributed by atoms with van der Waals surface area (Å²) in [5, 5.41) is 0. The van der Waals surface area contributed by atoms with Crippen LogP contribution in [0.1, 0.15) is 0 Å². The van der Waals surface area contributed by atoms with Crippen LogP contribution in [0, 0.1) is 0 Å². The molecule has 0 aliphatic heterocycles. The van der Waals surface area contributed by atoms with Gasteiger partial charge in [-0.2, -0.15) is 158 Å². The van der Waals surface area contributed by atoms with Crippen LogP contribution in [0.25, 0.3) is 0 Å². The normalized spacial score (nSPS) is 16.4. The highest BCUT2D eigenvalue weighted by molar-refractivity contribution is 6.29. The third kappa shape index (κ3) is 8.22. The van der Waals surface area contributed by atoms with E-state index in [0.29, 0.717) is 0 Å². The summed E-state index contributed by atoms with van der Waals surface area (Å²) in [5.74, 6) is -171.